The molecule has 0 aliphatic carbocycles. The number of carbonyl (C=O) groups excluding carboxylic acids is 2. The quantitative estimate of drug-likeness (QED) is 0.172. The van der Waals surface area contributed by atoms with Gasteiger partial charge >= 0.3 is 5.97 Å². The van der Waals surface area contributed by atoms with Crippen molar-refractivity contribution in [2.45, 2.75) is 77.7 Å². The number of likely N-dealkylation sites (tertiary alicyclic amines) is 1. The molecule has 1 aliphatic rings. The SMILES string of the molecule is CCCCCC(O)c1ccc(NN(CCCc2ccc(C(=O)OCCN3CCCCC3)s2)C(C)=O)cc1. The van der Waals surface area contributed by atoms with E-state index in [9.17, 15) is 14.7 Å². The Morgan fingerprint density at radius 1 is 1.08 bits per heavy atom. The summed E-state index contributed by atoms with van der Waals surface area (Å²) in [7, 11) is 0. The maximum absolute atomic E-state index is 12.4. The number of aryl methyl sites for hydroxylation is 1. The van der Waals surface area contributed by atoms with Crippen molar-refractivity contribution in [3.05, 3.63) is 51.7 Å². The summed E-state index contributed by atoms with van der Waals surface area (Å²) in [4.78, 5) is 28.7. The van der Waals surface area contributed by atoms with Gasteiger partial charge in [0.1, 0.15) is 11.5 Å². The Morgan fingerprint density at radius 3 is 2.54 bits per heavy atom. The van der Waals surface area contributed by atoms with Crippen molar-refractivity contribution in [2.75, 3.05) is 38.2 Å². The van der Waals surface area contributed by atoms with Crippen molar-refractivity contribution in [1.82, 2.24) is 9.91 Å². The monoisotopic (exact) mass is 529 g/mol. The normalized spacial score (nSPS) is 14.8. The number of carbonyl (C=O) groups is 2. The maximum atomic E-state index is 12.4. The van der Waals surface area contributed by atoms with E-state index in [1.807, 2.05) is 36.4 Å². The number of aliphatic hydroxyl groups excluding tert-OH is 1. The molecule has 1 amide bonds. The smallest absolute Gasteiger partial charge is 0.348 e. The molecule has 1 unspecified atom stereocenters. The molecule has 1 atom stereocenters. The minimum absolute atomic E-state index is 0.0622. The second kappa shape index (κ2) is 15.7. The number of thiophene rings is 1. The number of anilines is 1. The van der Waals surface area contributed by atoms with E-state index < -0.39 is 6.10 Å². The largest absolute Gasteiger partial charge is 0.460 e. The van der Waals surface area contributed by atoms with E-state index >= 15 is 0 Å². The Bertz CT molecular complexity index is 956. The standard InChI is InChI=1S/C29H43N3O4S/c1-3-4-6-11-27(34)24-12-14-25(15-13-24)30-32(23(2)33)20-9-10-26-16-17-28(37-26)29(35)36-22-21-31-18-7-5-8-19-31/h12-17,27,30,34H,3-11,18-22H2,1-2H3. The van der Waals surface area contributed by atoms with Crippen molar-refractivity contribution in [3.8, 4) is 0 Å². The van der Waals surface area contributed by atoms with E-state index in [4.69, 9.17) is 4.74 Å². The highest BCUT2D eigenvalue weighted by Gasteiger charge is 2.15. The molecule has 1 aliphatic heterocycles. The lowest BCUT2D eigenvalue weighted by Gasteiger charge is -2.25. The molecule has 37 heavy (non-hydrogen) atoms. The Balaban J connectivity index is 1.40. The van der Waals surface area contributed by atoms with E-state index in [1.165, 1.54) is 30.6 Å². The molecule has 1 saturated heterocycles. The number of piperidine rings is 1. The zero-order valence-electron chi connectivity index (χ0n) is 22.4. The molecule has 7 nitrogen and oxygen atoms in total. The van der Waals surface area contributed by atoms with Crippen LogP contribution in [0.4, 0.5) is 5.69 Å². The van der Waals surface area contributed by atoms with Gasteiger partial charge in [-0.25, -0.2) is 4.79 Å². The fourth-order valence-corrected chi connectivity index (χ4v) is 5.48. The van der Waals surface area contributed by atoms with Gasteiger partial charge in [-0.15, -0.1) is 11.3 Å². The zero-order chi connectivity index (χ0) is 26.5. The van der Waals surface area contributed by atoms with Gasteiger partial charge in [-0.2, -0.15) is 0 Å². The van der Waals surface area contributed by atoms with Gasteiger partial charge in [-0.05, 0) is 75.0 Å². The van der Waals surface area contributed by atoms with Crippen molar-refractivity contribution in [3.63, 3.8) is 0 Å². The highest BCUT2D eigenvalue weighted by Crippen LogP contribution is 2.22. The van der Waals surface area contributed by atoms with Crippen molar-refractivity contribution in [1.29, 1.82) is 0 Å². The van der Waals surface area contributed by atoms with Gasteiger partial charge in [0.25, 0.3) is 0 Å². The summed E-state index contributed by atoms with van der Waals surface area (Å²) in [6.07, 6.45) is 8.89. The number of hydrazine groups is 1. The summed E-state index contributed by atoms with van der Waals surface area (Å²) in [5, 5.41) is 12.0. The second-order valence-corrected chi connectivity index (χ2v) is 11.0. The predicted molar refractivity (Wildman–Crippen MR) is 150 cm³/mol. The minimum atomic E-state index is -0.452. The van der Waals surface area contributed by atoms with E-state index in [0.717, 1.165) is 74.3 Å². The van der Waals surface area contributed by atoms with E-state index in [-0.39, 0.29) is 11.9 Å². The van der Waals surface area contributed by atoms with E-state index in [2.05, 4.69) is 17.2 Å². The third-order valence-electron chi connectivity index (χ3n) is 6.78. The number of aliphatic hydroxyl groups is 1. The third kappa shape index (κ3) is 10.1. The number of nitrogens with one attached hydrogen (secondary N) is 1. The molecule has 3 rings (SSSR count). The van der Waals surface area contributed by atoms with Gasteiger partial charge in [0, 0.05) is 24.9 Å². The van der Waals surface area contributed by atoms with Crippen LogP contribution < -0.4 is 5.43 Å². The molecular formula is C29H43N3O4S. The predicted octanol–water partition coefficient (Wildman–Crippen LogP) is 5.81. The number of amides is 1. The molecule has 1 aromatic heterocycles. The number of unbranched alkanes of at least 4 members (excludes halogenated alkanes) is 2. The van der Waals surface area contributed by atoms with Gasteiger partial charge < -0.3 is 9.84 Å². The molecule has 204 valence electrons. The van der Waals surface area contributed by atoms with Crippen molar-refractivity contribution < 1.29 is 19.4 Å². The summed E-state index contributed by atoms with van der Waals surface area (Å²) in [6, 6.07) is 11.4. The molecule has 8 heteroatoms. The average molecular weight is 530 g/mol. The molecule has 0 bridgehead atoms. The minimum Gasteiger partial charge on any atom is -0.460 e. The molecule has 2 aromatic rings. The fourth-order valence-electron chi connectivity index (χ4n) is 4.54. The first-order chi connectivity index (χ1) is 18.0. The molecule has 2 N–H and O–H groups in total. The van der Waals surface area contributed by atoms with Gasteiger partial charge in [-0.3, -0.25) is 20.1 Å². The summed E-state index contributed by atoms with van der Waals surface area (Å²) in [6.45, 7) is 7.68. The number of ether oxygens (including phenoxy) is 1. The Labute approximate surface area is 225 Å². The van der Waals surface area contributed by atoms with Crippen LogP contribution in [0.5, 0.6) is 0 Å². The van der Waals surface area contributed by atoms with Crippen LogP contribution in [0.2, 0.25) is 0 Å². The highest BCUT2D eigenvalue weighted by atomic mass is 32.1. The Hall–Kier alpha value is -2.42. The molecule has 2 heterocycles. The van der Waals surface area contributed by atoms with Crippen LogP contribution in [0.25, 0.3) is 0 Å². The van der Waals surface area contributed by atoms with Crippen molar-refractivity contribution in [2.24, 2.45) is 0 Å². The number of nitrogens with zero attached hydrogens (tertiary/aromatic N) is 2. The number of rotatable bonds is 15. The van der Waals surface area contributed by atoms with E-state index in [0.29, 0.717) is 18.0 Å². The summed E-state index contributed by atoms with van der Waals surface area (Å²) >= 11 is 1.47. The summed E-state index contributed by atoms with van der Waals surface area (Å²) in [5.74, 6) is -0.313. The number of benzene rings is 1. The highest BCUT2D eigenvalue weighted by molar-refractivity contribution is 7.13. The van der Waals surface area contributed by atoms with Gasteiger partial charge in [0.05, 0.1) is 11.8 Å². The maximum Gasteiger partial charge on any atom is 0.348 e. The topological polar surface area (TPSA) is 82.1 Å². The summed E-state index contributed by atoms with van der Waals surface area (Å²) < 4.78 is 5.48. The van der Waals surface area contributed by atoms with Gasteiger partial charge in [0.15, 0.2) is 0 Å². The molecule has 1 fully saturated rings. The lowest BCUT2D eigenvalue weighted by Crippen LogP contribution is -2.35. The number of esters is 1. The Kier molecular flexibility index (Phi) is 12.4. The van der Waals surface area contributed by atoms with Crippen LogP contribution >= 0.6 is 11.3 Å². The lowest BCUT2D eigenvalue weighted by atomic mass is 10.0. The van der Waals surface area contributed by atoms with Crippen LogP contribution in [-0.4, -0.2) is 59.7 Å². The molecule has 1 aromatic carbocycles. The van der Waals surface area contributed by atoms with Crippen LogP contribution in [0.1, 0.15) is 91.4 Å². The number of hydrogen-bond acceptors (Lipinski definition) is 7. The Morgan fingerprint density at radius 2 is 1.84 bits per heavy atom. The van der Waals surface area contributed by atoms with Crippen molar-refractivity contribution >= 4 is 28.9 Å². The number of hydrogen-bond donors (Lipinski definition) is 2. The average Bonchev–Trinajstić information content (AvgIpc) is 3.38. The molecular weight excluding hydrogens is 486 g/mol. The first kappa shape index (κ1) is 29.1. The van der Waals surface area contributed by atoms with E-state index in [1.54, 1.807) is 11.9 Å². The lowest BCUT2D eigenvalue weighted by molar-refractivity contribution is -0.127. The van der Waals surface area contributed by atoms with Crippen LogP contribution in [-0.2, 0) is 16.0 Å². The van der Waals surface area contributed by atoms with Crippen LogP contribution in [0.3, 0.4) is 0 Å². The second-order valence-electron chi connectivity index (χ2n) is 9.82. The zero-order valence-corrected chi connectivity index (χ0v) is 23.2. The molecule has 0 radical (unpaired) electrons. The third-order valence-corrected chi connectivity index (χ3v) is 7.90. The molecule has 0 saturated carbocycles. The fraction of sp³-hybridized carbons (Fsp3) is 0.586. The van der Waals surface area contributed by atoms with Crippen LogP contribution in [0, 0.1) is 0 Å². The van der Waals surface area contributed by atoms with Gasteiger partial charge in [0.2, 0.25) is 5.91 Å². The molecule has 0 spiro atoms. The van der Waals surface area contributed by atoms with Gasteiger partial charge in [-0.1, -0.05) is 44.7 Å². The first-order valence-corrected chi connectivity index (χ1v) is 14.6. The summed E-state index contributed by atoms with van der Waals surface area (Å²) in [5.41, 5.74) is 4.89. The van der Waals surface area contributed by atoms with Crippen LogP contribution in [0.15, 0.2) is 36.4 Å². The first-order valence-electron chi connectivity index (χ1n) is 13.8.